The highest BCUT2D eigenvalue weighted by Crippen LogP contribution is 2.29. The second-order valence-corrected chi connectivity index (χ2v) is 5.99. The van der Waals surface area contributed by atoms with Crippen molar-refractivity contribution < 1.29 is 0 Å². The minimum atomic E-state index is 0.874. The summed E-state index contributed by atoms with van der Waals surface area (Å²) in [6.07, 6.45) is 8.53. The summed E-state index contributed by atoms with van der Waals surface area (Å²) in [5, 5.41) is 3.46. The maximum absolute atomic E-state index is 4.44. The van der Waals surface area contributed by atoms with Gasteiger partial charge >= 0.3 is 0 Å². The number of nitrogens with one attached hydrogen (secondary N) is 1. The van der Waals surface area contributed by atoms with E-state index in [4.69, 9.17) is 0 Å². The number of rotatable bonds is 6. The molecular weight excluding hydrogens is 234 g/mol. The van der Waals surface area contributed by atoms with Gasteiger partial charge in [0.05, 0.1) is 0 Å². The van der Waals surface area contributed by atoms with Crippen molar-refractivity contribution in [3.8, 4) is 0 Å². The van der Waals surface area contributed by atoms with E-state index in [-0.39, 0.29) is 0 Å². The molecule has 19 heavy (non-hydrogen) atoms. The number of hydrogen-bond acceptors (Lipinski definition) is 3. The van der Waals surface area contributed by atoms with Gasteiger partial charge < -0.3 is 5.32 Å². The Balaban J connectivity index is 1.49. The van der Waals surface area contributed by atoms with E-state index in [1.165, 1.54) is 57.6 Å². The summed E-state index contributed by atoms with van der Waals surface area (Å²) in [6.45, 7) is 4.91. The van der Waals surface area contributed by atoms with Gasteiger partial charge in [-0.25, -0.2) is 0 Å². The fraction of sp³-hybridized carbons (Fsp3) is 0.688. The van der Waals surface area contributed by atoms with Crippen LogP contribution < -0.4 is 5.32 Å². The van der Waals surface area contributed by atoms with Gasteiger partial charge in [-0.3, -0.25) is 9.88 Å². The molecule has 1 aromatic rings. The average molecular weight is 259 g/mol. The molecule has 0 radical (unpaired) electrons. The lowest BCUT2D eigenvalue weighted by molar-refractivity contribution is 0.199. The highest BCUT2D eigenvalue weighted by Gasteiger charge is 2.30. The van der Waals surface area contributed by atoms with E-state index in [1.54, 1.807) is 0 Å². The molecule has 0 atom stereocenters. The van der Waals surface area contributed by atoms with Gasteiger partial charge in [0, 0.05) is 37.4 Å². The van der Waals surface area contributed by atoms with E-state index in [0.717, 1.165) is 18.4 Å². The first kappa shape index (κ1) is 13.1. The van der Waals surface area contributed by atoms with Crippen LogP contribution in [0.1, 0.15) is 31.4 Å². The highest BCUT2D eigenvalue weighted by molar-refractivity contribution is 5.04. The van der Waals surface area contributed by atoms with E-state index in [2.05, 4.69) is 27.3 Å². The van der Waals surface area contributed by atoms with Crippen molar-refractivity contribution in [2.24, 2.45) is 5.92 Å². The average Bonchev–Trinajstić information content (AvgIpc) is 3.30. The fourth-order valence-electron chi connectivity index (χ4n) is 3.06. The Hall–Kier alpha value is -0.930. The Labute approximate surface area is 116 Å². The van der Waals surface area contributed by atoms with Gasteiger partial charge in [-0.15, -0.1) is 0 Å². The Morgan fingerprint density at radius 3 is 2.68 bits per heavy atom. The molecule has 1 saturated heterocycles. The van der Waals surface area contributed by atoms with Crippen LogP contribution in [0.15, 0.2) is 24.4 Å². The number of nitrogens with zero attached hydrogens (tertiary/aromatic N) is 2. The molecule has 0 spiro atoms. The van der Waals surface area contributed by atoms with Gasteiger partial charge in [-0.1, -0.05) is 6.07 Å². The molecule has 0 aromatic carbocycles. The largest absolute Gasteiger partial charge is 0.317 e. The van der Waals surface area contributed by atoms with Gasteiger partial charge in [-0.05, 0) is 56.8 Å². The first-order chi connectivity index (χ1) is 9.42. The zero-order valence-corrected chi connectivity index (χ0v) is 11.7. The predicted octanol–water partition coefficient (Wildman–Crippen LogP) is 2.09. The number of piperidine rings is 1. The quantitative estimate of drug-likeness (QED) is 0.848. The molecule has 1 aromatic heterocycles. The van der Waals surface area contributed by atoms with Gasteiger partial charge in [0.25, 0.3) is 0 Å². The Morgan fingerprint density at radius 2 is 2.00 bits per heavy atom. The third-order valence-electron chi connectivity index (χ3n) is 4.40. The molecular formula is C16H25N3. The SMILES string of the molecule is c1ccc(CCN(CC2CCNCC2)C2CC2)nc1. The second kappa shape index (κ2) is 6.49. The van der Waals surface area contributed by atoms with Crippen molar-refractivity contribution in [2.45, 2.75) is 38.1 Å². The van der Waals surface area contributed by atoms with E-state index in [0.29, 0.717) is 0 Å². The molecule has 2 aliphatic rings. The van der Waals surface area contributed by atoms with Crippen LogP contribution in [0.2, 0.25) is 0 Å². The Kier molecular flexibility index (Phi) is 4.46. The first-order valence-electron chi connectivity index (χ1n) is 7.76. The van der Waals surface area contributed by atoms with Crippen LogP contribution in [0.25, 0.3) is 0 Å². The highest BCUT2D eigenvalue weighted by atomic mass is 15.2. The Morgan fingerprint density at radius 1 is 1.16 bits per heavy atom. The Bertz CT molecular complexity index is 369. The van der Waals surface area contributed by atoms with Crippen LogP contribution in [-0.2, 0) is 6.42 Å². The lowest BCUT2D eigenvalue weighted by Gasteiger charge is -2.30. The molecule has 3 nitrogen and oxygen atoms in total. The predicted molar refractivity (Wildman–Crippen MR) is 78.1 cm³/mol. The van der Waals surface area contributed by atoms with Crippen molar-refractivity contribution in [3.05, 3.63) is 30.1 Å². The summed E-state index contributed by atoms with van der Waals surface area (Å²) in [5.41, 5.74) is 1.23. The summed E-state index contributed by atoms with van der Waals surface area (Å²) >= 11 is 0. The van der Waals surface area contributed by atoms with E-state index in [9.17, 15) is 0 Å². The summed E-state index contributed by atoms with van der Waals surface area (Å²) in [6, 6.07) is 7.11. The standard InChI is InChI=1S/C16H25N3/c1-2-9-18-15(3-1)8-12-19(16-4-5-16)13-14-6-10-17-11-7-14/h1-3,9,14,16-17H,4-8,10-13H2. The minimum absolute atomic E-state index is 0.874. The van der Waals surface area contributed by atoms with Crippen LogP contribution in [0, 0.1) is 5.92 Å². The molecule has 1 N–H and O–H groups in total. The second-order valence-electron chi connectivity index (χ2n) is 5.99. The van der Waals surface area contributed by atoms with Crippen molar-refractivity contribution >= 4 is 0 Å². The van der Waals surface area contributed by atoms with E-state index >= 15 is 0 Å². The molecule has 2 fully saturated rings. The van der Waals surface area contributed by atoms with Gasteiger partial charge in [0.2, 0.25) is 0 Å². The maximum Gasteiger partial charge on any atom is 0.0416 e. The summed E-state index contributed by atoms with van der Waals surface area (Å²) in [5.74, 6) is 0.908. The summed E-state index contributed by atoms with van der Waals surface area (Å²) < 4.78 is 0. The number of hydrogen-bond donors (Lipinski definition) is 1. The topological polar surface area (TPSA) is 28.2 Å². The van der Waals surface area contributed by atoms with Crippen molar-refractivity contribution in [3.63, 3.8) is 0 Å². The molecule has 1 aliphatic heterocycles. The first-order valence-corrected chi connectivity index (χ1v) is 7.76. The fourth-order valence-corrected chi connectivity index (χ4v) is 3.06. The number of aromatic nitrogens is 1. The third-order valence-corrected chi connectivity index (χ3v) is 4.40. The van der Waals surface area contributed by atoms with Crippen LogP contribution in [-0.4, -0.2) is 42.1 Å². The molecule has 0 bridgehead atoms. The molecule has 2 heterocycles. The molecule has 3 heteroatoms. The third kappa shape index (κ3) is 4.02. The number of pyridine rings is 1. The molecule has 1 saturated carbocycles. The zero-order chi connectivity index (χ0) is 12.9. The smallest absolute Gasteiger partial charge is 0.0416 e. The van der Waals surface area contributed by atoms with Gasteiger partial charge in [0.15, 0.2) is 0 Å². The lowest BCUT2D eigenvalue weighted by Crippen LogP contribution is -2.38. The van der Waals surface area contributed by atoms with Crippen molar-refractivity contribution in [2.75, 3.05) is 26.2 Å². The molecule has 1 aliphatic carbocycles. The monoisotopic (exact) mass is 259 g/mol. The van der Waals surface area contributed by atoms with Crippen LogP contribution in [0.3, 0.4) is 0 Å². The van der Waals surface area contributed by atoms with Crippen LogP contribution in [0.5, 0.6) is 0 Å². The minimum Gasteiger partial charge on any atom is -0.317 e. The molecule has 104 valence electrons. The van der Waals surface area contributed by atoms with Crippen LogP contribution >= 0.6 is 0 Å². The lowest BCUT2D eigenvalue weighted by atomic mass is 9.97. The zero-order valence-electron chi connectivity index (χ0n) is 11.7. The summed E-state index contributed by atoms with van der Waals surface area (Å²) in [4.78, 5) is 7.17. The van der Waals surface area contributed by atoms with Crippen molar-refractivity contribution in [1.29, 1.82) is 0 Å². The molecule has 0 amide bonds. The van der Waals surface area contributed by atoms with E-state index < -0.39 is 0 Å². The molecule has 0 unspecified atom stereocenters. The summed E-state index contributed by atoms with van der Waals surface area (Å²) in [7, 11) is 0. The van der Waals surface area contributed by atoms with Gasteiger partial charge in [0.1, 0.15) is 0 Å². The molecule has 3 rings (SSSR count). The van der Waals surface area contributed by atoms with Crippen LogP contribution in [0.4, 0.5) is 0 Å². The normalized spacial score (nSPS) is 20.9. The maximum atomic E-state index is 4.44. The van der Waals surface area contributed by atoms with Crippen molar-refractivity contribution in [1.82, 2.24) is 15.2 Å². The van der Waals surface area contributed by atoms with E-state index in [1.807, 2.05) is 12.3 Å². The van der Waals surface area contributed by atoms with Gasteiger partial charge in [-0.2, -0.15) is 0 Å².